The van der Waals surface area contributed by atoms with E-state index in [1.165, 1.54) is 58.0 Å². The van der Waals surface area contributed by atoms with Gasteiger partial charge in [-0.15, -0.1) is 0 Å². The van der Waals surface area contributed by atoms with Crippen LogP contribution in [-0.2, 0) is 4.74 Å². The van der Waals surface area contributed by atoms with Gasteiger partial charge >= 0.3 is 0 Å². The van der Waals surface area contributed by atoms with Gasteiger partial charge in [0.1, 0.15) is 0 Å². The molecule has 0 bridgehead atoms. The van der Waals surface area contributed by atoms with Crippen LogP contribution in [0.25, 0.3) is 0 Å². The molecule has 19 heavy (non-hydrogen) atoms. The van der Waals surface area contributed by atoms with Crippen molar-refractivity contribution in [1.29, 1.82) is 0 Å². The molecule has 3 nitrogen and oxygen atoms in total. The molecule has 0 aromatic rings. The summed E-state index contributed by atoms with van der Waals surface area (Å²) in [5, 5.41) is 3.77. The normalized spacial score (nSPS) is 29.8. The Morgan fingerprint density at radius 1 is 1.11 bits per heavy atom. The summed E-state index contributed by atoms with van der Waals surface area (Å²) in [4.78, 5) is 2.64. The second-order valence-corrected chi connectivity index (χ2v) is 6.41. The van der Waals surface area contributed by atoms with Crippen LogP contribution in [0.2, 0.25) is 0 Å². The molecule has 2 aliphatic rings. The summed E-state index contributed by atoms with van der Waals surface area (Å²) in [6, 6.07) is 1.47. The molecule has 0 spiro atoms. The number of hydrogen-bond acceptors (Lipinski definition) is 3. The predicted octanol–water partition coefficient (Wildman–Crippen LogP) is 2.66. The molecule has 2 unspecified atom stereocenters. The summed E-state index contributed by atoms with van der Waals surface area (Å²) < 4.78 is 5.47. The first-order valence-electron chi connectivity index (χ1n) is 8.32. The maximum absolute atomic E-state index is 5.47. The summed E-state index contributed by atoms with van der Waals surface area (Å²) in [6.45, 7) is 6.64. The third kappa shape index (κ3) is 4.73. The van der Waals surface area contributed by atoms with Crippen molar-refractivity contribution in [2.45, 2.75) is 64.0 Å². The molecule has 1 aliphatic carbocycles. The number of nitrogens with zero attached hydrogens (tertiary/aromatic N) is 1. The van der Waals surface area contributed by atoms with E-state index >= 15 is 0 Å². The molecule has 1 saturated heterocycles. The molecule has 2 fully saturated rings. The van der Waals surface area contributed by atoms with Crippen molar-refractivity contribution in [3.05, 3.63) is 0 Å². The van der Waals surface area contributed by atoms with E-state index in [-0.39, 0.29) is 0 Å². The topological polar surface area (TPSA) is 24.5 Å². The second-order valence-electron chi connectivity index (χ2n) is 6.41. The standard InChI is InChI=1S/C16H32N2O/c1-3-10-17-15-6-4-5-7-16(15)18(2)13-14-8-11-19-12-9-14/h14-17H,3-13H2,1-2H3. The quantitative estimate of drug-likeness (QED) is 0.801. The van der Waals surface area contributed by atoms with Crippen LogP contribution in [0, 0.1) is 5.92 Å². The first kappa shape index (κ1) is 15.3. The molecule has 2 rings (SSSR count). The number of nitrogens with one attached hydrogen (secondary N) is 1. The van der Waals surface area contributed by atoms with Crippen molar-refractivity contribution < 1.29 is 4.74 Å². The zero-order valence-corrected chi connectivity index (χ0v) is 12.9. The van der Waals surface area contributed by atoms with Crippen molar-refractivity contribution in [2.75, 3.05) is 33.4 Å². The highest BCUT2D eigenvalue weighted by Gasteiger charge is 2.29. The Labute approximate surface area is 119 Å². The number of ether oxygens (including phenoxy) is 1. The van der Waals surface area contributed by atoms with Gasteiger partial charge in [0.25, 0.3) is 0 Å². The van der Waals surface area contributed by atoms with Gasteiger partial charge in [-0.2, -0.15) is 0 Å². The predicted molar refractivity (Wildman–Crippen MR) is 80.5 cm³/mol. The third-order valence-corrected chi connectivity index (χ3v) is 4.84. The van der Waals surface area contributed by atoms with Gasteiger partial charge in [0.15, 0.2) is 0 Å². The molecular formula is C16H32N2O. The van der Waals surface area contributed by atoms with Crippen molar-refractivity contribution in [1.82, 2.24) is 10.2 Å². The van der Waals surface area contributed by atoms with Crippen molar-refractivity contribution >= 4 is 0 Å². The molecule has 0 amide bonds. The minimum Gasteiger partial charge on any atom is -0.381 e. The summed E-state index contributed by atoms with van der Waals surface area (Å²) >= 11 is 0. The third-order valence-electron chi connectivity index (χ3n) is 4.84. The monoisotopic (exact) mass is 268 g/mol. The van der Waals surface area contributed by atoms with E-state index in [4.69, 9.17) is 4.74 Å². The Balaban J connectivity index is 1.81. The van der Waals surface area contributed by atoms with Gasteiger partial charge in [-0.05, 0) is 51.6 Å². The van der Waals surface area contributed by atoms with Crippen LogP contribution in [0.15, 0.2) is 0 Å². The summed E-state index contributed by atoms with van der Waals surface area (Å²) in [7, 11) is 2.34. The first-order chi connectivity index (χ1) is 9.31. The SMILES string of the molecule is CCCNC1CCCCC1N(C)CC1CCOCC1. The lowest BCUT2D eigenvalue weighted by Crippen LogP contribution is -2.51. The van der Waals surface area contributed by atoms with E-state index in [2.05, 4.69) is 24.2 Å². The molecule has 0 aromatic heterocycles. The molecule has 3 heteroatoms. The van der Waals surface area contributed by atoms with Crippen LogP contribution < -0.4 is 5.32 Å². The Bertz CT molecular complexity index is 241. The molecule has 112 valence electrons. The Morgan fingerprint density at radius 2 is 1.84 bits per heavy atom. The Hall–Kier alpha value is -0.120. The highest BCUT2D eigenvalue weighted by molar-refractivity contribution is 4.88. The Morgan fingerprint density at radius 3 is 2.58 bits per heavy atom. The van der Waals surface area contributed by atoms with E-state index < -0.39 is 0 Å². The van der Waals surface area contributed by atoms with Gasteiger partial charge in [0.05, 0.1) is 0 Å². The molecule has 1 saturated carbocycles. The lowest BCUT2D eigenvalue weighted by Gasteiger charge is -2.40. The van der Waals surface area contributed by atoms with Gasteiger partial charge in [0.2, 0.25) is 0 Å². The second kappa shape index (κ2) is 8.23. The van der Waals surface area contributed by atoms with Crippen LogP contribution >= 0.6 is 0 Å². The van der Waals surface area contributed by atoms with E-state index in [9.17, 15) is 0 Å². The first-order valence-corrected chi connectivity index (χ1v) is 8.32. The minimum atomic E-state index is 0.721. The highest BCUT2D eigenvalue weighted by atomic mass is 16.5. The van der Waals surface area contributed by atoms with Crippen LogP contribution in [0.3, 0.4) is 0 Å². The largest absolute Gasteiger partial charge is 0.381 e. The summed E-state index contributed by atoms with van der Waals surface area (Å²) in [6.07, 6.45) is 9.31. The van der Waals surface area contributed by atoms with Crippen LogP contribution in [0.4, 0.5) is 0 Å². The highest BCUT2D eigenvalue weighted by Crippen LogP contribution is 2.25. The van der Waals surface area contributed by atoms with Gasteiger partial charge in [-0.25, -0.2) is 0 Å². The van der Waals surface area contributed by atoms with Crippen LogP contribution in [0.5, 0.6) is 0 Å². The zero-order chi connectivity index (χ0) is 13.5. The van der Waals surface area contributed by atoms with Crippen LogP contribution in [0.1, 0.15) is 51.9 Å². The van der Waals surface area contributed by atoms with E-state index in [1.807, 2.05) is 0 Å². The molecule has 1 aliphatic heterocycles. The van der Waals surface area contributed by atoms with Crippen molar-refractivity contribution in [3.8, 4) is 0 Å². The smallest absolute Gasteiger partial charge is 0.0469 e. The van der Waals surface area contributed by atoms with Gasteiger partial charge < -0.3 is 15.0 Å². The van der Waals surface area contributed by atoms with E-state index in [0.29, 0.717) is 0 Å². The molecule has 1 heterocycles. The number of likely N-dealkylation sites (N-methyl/N-ethyl adjacent to an activating group) is 1. The Kier molecular flexibility index (Phi) is 6.62. The van der Waals surface area contributed by atoms with Gasteiger partial charge in [-0.3, -0.25) is 0 Å². The summed E-state index contributed by atoms with van der Waals surface area (Å²) in [5.41, 5.74) is 0. The molecule has 1 N–H and O–H groups in total. The lowest BCUT2D eigenvalue weighted by atomic mass is 9.88. The lowest BCUT2D eigenvalue weighted by molar-refractivity contribution is 0.0432. The van der Waals surface area contributed by atoms with Crippen molar-refractivity contribution in [2.24, 2.45) is 5.92 Å². The van der Waals surface area contributed by atoms with Crippen molar-refractivity contribution in [3.63, 3.8) is 0 Å². The maximum atomic E-state index is 5.47. The zero-order valence-electron chi connectivity index (χ0n) is 12.9. The molecule has 0 aromatic carbocycles. The van der Waals surface area contributed by atoms with Gasteiger partial charge in [0, 0.05) is 31.8 Å². The fourth-order valence-corrected chi connectivity index (χ4v) is 3.68. The number of rotatable bonds is 6. The molecule has 2 atom stereocenters. The molecule has 0 radical (unpaired) electrons. The molecular weight excluding hydrogens is 236 g/mol. The fourth-order valence-electron chi connectivity index (χ4n) is 3.68. The maximum Gasteiger partial charge on any atom is 0.0469 e. The van der Waals surface area contributed by atoms with E-state index in [1.54, 1.807) is 0 Å². The average molecular weight is 268 g/mol. The fraction of sp³-hybridized carbons (Fsp3) is 1.00. The summed E-state index contributed by atoms with van der Waals surface area (Å²) in [5.74, 6) is 0.854. The van der Waals surface area contributed by atoms with E-state index in [0.717, 1.165) is 31.2 Å². The van der Waals surface area contributed by atoms with Crippen LogP contribution in [-0.4, -0.2) is 50.3 Å². The van der Waals surface area contributed by atoms with Gasteiger partial charge in [-0.1, -0.05) is 19.8 Å². The minimum absolute atomic E-state index is 0.721. The average Bonchev–Trinajstić information content (AvgIpc) is 2.46. The number of hydrogen-bond donors (Lipinski definition) is 1.